The molecule has 1 N–H and O–H groups in total. The summed E-state index contributed by atoms with van der Waals surface area (Å²) in [5.41, 5.74) is 0.340. The van der Waals surface area contributed by atoms with Crippen molar-refractivity contribution >= 4 is 21.6 Å². The van der Waals surface area contributed by atoms with Crippen LogP contribution in [0.15, 0.2) is 18.2 Å². The van der Waals surface area contributed by atoms with Crippen LogP contribution in [0.25, 0.3) is 0 Å². The molecule has 0 heterocycles. The number of carbonyl (C=O) groups is 1. The second-order valence-corrected chi connectivity index (χ2v) is 6.57. The van der Waals surface area contributed by atoms with Crippen LogP contribution >= 0.6 is 0 Å². The fourth-order valence-corrected chi connectivity index (χ4v) is 2.68. The minimum atomic E-state index is -3.61. The summed E-state index contributed by atoms with van der Waals surface area (Å²) in [7, 11) is -0.658. The van der Waals surface area contributed by atoms with Crippen molar-refractivity contribution in [3.63, 3.8) is 0 Å². The molecular weight excluding hydrogens is 308 g/mol. The van der Waals surface area contributed by atoms with E-state index in [9.17, 15) is 13.2 Å². The normalized spacial score (nSPS) is 10.9. The van der Waals surface area contributed by atoms with Crippen LogP contribution in [0.4, 0.5) is 5.69 Å². The summed E-state index contributed by atoms with van der Waals surface area (Å²) in [5, 5.41) is 2.65. The summed E-state index contributed by atoms with van der Waals surface area (Å²) >= 11 is 0. The highest BCUT2D eigenvalue weighted by atomic mass is 32.2. The number of hydrogen-bond donors (Lipinski definition) is 1. The van der Waals surface area contributed by atoms with E-state index in [1.165, 1.54) is 20.3 Å². The third-order valence-electron chi connectivity index (χ3n) is 2.91. The molecule has 0 aliphatic rings. The Balaban J connectivity index is 3.10. The van der Waals surface area contributed by atoms with Gasteiger partial charge in [-0.05, 0) is 18.6 Å². The first-order valence-electron chi connectivity index (χ1n) is 6.80. The van der Waals surface area contributed by atoms with Gasteiger partial charge >= 0.3 is 0 Å². The number of methoxy groups -OCH3 is 2. The quantitative estimate of drug-likeness (QED) is 0.768. The fourth-order valence-electron chi connectivity index (χ4n) is 1.83. The summed E-state index contributed by atoms with van der Waals surface area (Å²) in [6.07, 6.45) is 1.83. The lowest BCUT2D eigenvalue weighted by Crippen LogP contribution is -2.40. The molecule has 1 aromatic rings. The highest BCUT2D eigenvalue weighted by Crippen LogP contribution is 2.32. The molecule has 0 fully saturated rings. The molecule has 0 saturated carbocycles. The monoisotopic (exact) mass is 330 g/mol. The third kappa shape index (κ3) is 4.80. The molecule has 7 nitrogen and oxygen atoms in total. The topological polar surface area (TPSA) is 84.9 Å². The fraction of sp³-hybridized carbons (Fsp3) is 0.500. The predicted octanol–water partition coefficient (Wildman–Crippen LogP) is 0.996. The van der Waals surface area contributed by atoms with Gasteiger partial charge in [0.1, 0.15) is 6.54 Å². The lowest BCUT2D eigenvalue weighted by Gasteiger charge is -2.22. The molecular formula is C14H22N2O5S. The second-order valence-electron chi connectivity index (χ2n) is 4.66. The molecule has 0 bridgehead atoms. The Bertz CT molecular complexity index is 616. The minimum Gasteiger partial charge on any atom is -0.493 e. The van der Waals surface area contributed by atoms with E-state index in [4.69, 9.17) is 9.47 Å². The van der Waals surface area contributed by atoms with Gasteiger partial charge in [0.2, 0.25) is 15.9 Å². The summed E-state index contributed by atoms with van der Waals surface area (Å²) in [6, 6.07) is 4.68. The van der Waals surface area contributed by atoms with Crippen LogP contribution in [-0.4, -0.2) is 47.9 Å². The molecule has 22 heavy (non-hydrogen) atoms. The van der Waals surface area contributed by atoms with Crippen LogP contribution < -0.4 is 19.1 Å². The first-order valence-corrected chi connectivity index (χ1v) is 8.64. The molecule has 0 aromatic heterocycles. The zero-order chi connectivity index (χ0) is 16.8. The Hall–Kier alpha value is -1.96. The van der Waals surface area contributed by atoms with Crippen molar-refractivity contribution in [3.05, 3.63) is 18.2 Å². The number of rotatable bonds is 8. The van der Waals surface area contributed by atoms with Gasteiger partial charge in [0.05, 0.1) is 26.2 Å². The summed E-state index contributed by atoms with van der Waals surface area (Å²) < 4.78 is 35.2. The van der Waals surface area contributed by atoms with Crippen LogP contribution in [-0.2, 0) is 14.8 Å². The molecule has 8 heteroatoms. The van der Waals surface area contributed by atoms with Gasteiger partial charge < -0.3 is 14.8 Å². The number of nitrogens with zero attached hydrogens (tertiary/aromatic N) is 1. The molecule has 0 atom stereocenters. The van der Waals surface area contributed by atoms with Gasteiger partial charge in [0.25, 0.3) is 0 Å². The van der Waals surface area contributed by atoms with Crippen LogP contribution in [0.5, 0.6) is 11.5 Å². The van der Waals surface area contributed by atoms with Crippen molar-refractivity contribution < 1.29 is 22.7 Å². The smallest absolute Gasteiger partial charge is 0.240 e. The van der Waals surface area contributed by atoms with E-state index < -0.39 is 10.0 Å². The van der Waals surface area contributed by atoms with Gasteiger partial charge in [-0.3, -0.25) is 9.10 Å². The van der Waals surface area contributed by atoms with E-state index in [0.29, 0.717) is 23.7 Å². The zero-order valence-electron chi connectivity index (χ0n) is 13.3. The Morgan fingerprint density at radius 2 is 1.86 bits per heavy atom. The van der Waals surface area contributed by atoms with Crippen LogP contribution in [0.2, 0.25) is 0 Å². The van der Waals surface area contributed by atoms with E-state index in [1.54, 1.807) is 12.1 Å². The van der Waals surface area contributed by atoms with Crippen LogP contribution in [0.1, 0.15) is 13.3 Å². The Kier molecular flexibility index (Phi) is 6.48. The van der Waals surface area contributed by atoms with Gasteiger partial charge in [-0.2, -0.15) is 0 Å². The van der Waals surface area contributed by atoms with E-state index >= 15 is 0 Å². The molecule has 124 valence electrons. The third-order valence-corrected chi connectivity index (χ3v) is 4.06. The maximum Gasteiger partial charge on any atom is 0.240 e. The molecule has 0 radical (unpaired) electrons. The molecule has 1 aromatic carbocycles. The maximum absolute atomic E-state index is 12.0. The van der Waals surface area contributed by atoms with Gasteiger partial charge in [-0.1, -0.05) is 6.92 Å². The highest BCUT2D eigenvalue weighted by Gasteiger charge is 2.22. The summed E-state index contributed by atoms with van der Waals surface area (Å²) in [4.78, 5) is 11.8. The SMILES string of the molecule is CCCNC(=O)CN(c1ccc(OC)c(OC)c1)S(C)(=O)=O. The van der Waals surface area contributed by atoms with E-state index in [0.717, 1.165) is 17.0 Å². The van der Waals surface area contributed by atoms with Crippen molar-refractivity contribution in [2.45, 2.75) is 13.3 Å². The second kappa shape index (κ2) is 7.88. The summed E-state index contributed by atoms with van der Waals surface area (Å²) in [5.74, 6) is 0.514. The number of sulfonamides is 1. The first-order chi connectivity index (χ1) is 10.3. The van der Waals surface area contributed by atoms with Gasteiger partial charge in [-0.25, -0.2) is 8.42 Å². The van der Waals surface area contributed by atoms with Crippen LogP contribution in [0.3, 0.4) is 0 Å². The molecule has 0 saturated heterocycles. The largest absolute Gasteiger partial charge is 0.493 e. The van der Waals surface area contributed by atoms with E-state index in [1.807, 2.05) is 6.92 Å². The lowest BCUT2D eigenvalue weighted by atomic mass is 10.2. The van der Waals surface area contributed by atoms with Gasteiger partial charge in [-0.15, -0.1) is 0 Å². The maximum atomic E-state index is 12.0. The van der Waals surface area contributed by atoms with Crippen molar-refractivity contribution in [3.8, 4) is 11.5 Å². The van der Waals surface area contributed by atoms with Crippen molar-refractivity contribution in [1.29, 1.82) is 0 Å². The van der Waals surface area contributed by atoms with Crippen LogP contribution in [0, 0.1) is 0 Å². The molecule has 1 amide bonds. The van der Waals surface area contributed by atoms with Crippen molar-refractivity contribution in [2.75, 3.05) is 37.9 Å². The predicted molar refractivity (Wildman–Crippen MR) is 85.0 cm³/mol. The number of nitrogens with one attached hydrogen (secondary N) is 1. The minimum absolute atomic E-state index is 0.283. The average Bonchev–Trinajstić information content (AvgIpc) is 2.48. The number of anilines is 1. The van der Waals surface area contributed by atoms with E-state index in [2.05, 4.69) is 5.32 Å². The number of hydrogen-bond acceptors (Lipinski definition) is 5. The number of carbonyl (C=O) groups excluding carboxylic acids is 1. The van der Waals surface area contributed by atoms with E-state index in [-0.39, 0.29) is 12.5 Å². The summed E-state index contributed by atoms with van der Waals surface area (Å²) in [6.45, 7) is 2.14. The van der Waals surface area contributed by atoms with Gasteiger partial charge in [0, 0.05) is 12.6 Å². The Morgan fingerprint density at radius 1 is 1.23 bits per heavy atom. The van der Waals surface area contributed by atoms with Crippen molar-refractivity contribution in [1.82, 2.24) is 5.32 Å². The standard InChI is InChI=1S/C14H22N2O5S/c1-5-8-15-14(17)10-16(22(4,18)19)11-6-7-12(20-2)13(9-11)21-3/h6-7,9H,5,8,10H2,1-4H3,(H,15,17). The first kappa shape index (κ1) is 18.1. The van der Waals surface area contributed by atoms with Crippen molar-refractivity contribution in [2.24, 2.45) is 0 Å². The average molecular weight is 330 g/mol. The molecule has 0 aliphatic carbocycles. The molecule has 1 rings (SSSR count). The molecule has 0 spiro atoms. The lowest BCUT2D eigenvalue weighted by molar-refractivity contribution is -0.119. The zero-order valence-corrected chi connectivity index (χ0v) is 14.1. The Morgan fingerprint density at radius 3 is 2.36 bits per heavy atom. The highest BCUT2D eigenvalue weighted by molar-refractivity contribution is 7.92. The number of benzene rings is 1. The number of ether oxygens (including phenoxy) is 2. The number of amides is 1. The Labute approximate surface area is 131 Å². The molecule has 0 aliphatic heterocycles. The van der Waals surface area contributed by atoms with Gasteiger partial charge in [0.15, 0.2) is 11.5 Å². The molecule has 0 unspecified atom stereocenters.